The molecule has 3 aromatic rings. The number of thioether (sulfide) groups is 1. The van der Waals surface area contributed by atoms with E-state index in [1.807, 2.05) is 67.6 Å². The highest BCUT2D eigenvalue weighted by Gasteiger charge is 2.18. The van der Waals surface area contributed by atoms with Crippen LogP contribution in [-0.4, -0.2) is 22.7 Å². The second-order valence-electron chi connectivity index (χ2n) is 6.44. The van der Waals surface area contributed by atoms with Crippen molar-refractivity contribution >= 4 is 17.7 Å². The molecule has 1 heterocycles. The van der Waals surface area contributed by atoms with Crippen molar-refractivity contribution in [1.82, 2.24) is 10.3 Å². The SMILES string of the molecule is CCC[C@@H](C)NC(=O)CSc1nc(-c2ccccc2)c(-c2ccccc2)o1. The van der Waals surface area contributed by atoms with Gasteiger partial charge in [-0.1, -0.05) is 85.8 Å². The van der Waals surface area contributed by atoms with Crippen molar-refractivity contribution in [3.05, 3.63) is 60.7 Å². The molecule has 0 aliphatic rings. The number of hydrogen-bond donors (Lipinski definition) is 1. The molecule has 0 unspecified atom stereocenters. The summed E-state index contributed by atoms with van der Waals surface area (Å²) in [6, 6.07) is 20.1. The summed E-state index contributed by atoms with van der Waals surface area (Å²) in [7, 11) is 0. The third-order valence-electron chi connectivity index (χ3n) is 4.15. The first-order chi connectivity index (χ1) is 13.2. The lowest BCUT2D eigenvalue weighted by atomic mass is 10.1. The average Bonchev–Trinajstić information content (AvgIpc) is 3.12. The van der Waals surface area contributed by atoms with Gasteiger partial charge in [0.1, 0.15) is 5.69 Å². The van der Waals surface area contributed by atoms with E-state index in [4.69, 9.17) is 4.42 Å². The minimum absolute atomic E-state index is 0.00155. The molecule has 140 valence electrons. The predicted molar refractivity (Wildman–Crippen MR) is 111 cm³/mol. The Morgan fingerprint density at radius 1 is 1.07 bits per heavy atom. The van der Waals surface area contributed by atoms with Crippen molar-refractivity contribution in [3.63, 3.8) is 0 Å². The van der Waals surface area contributed by atoms with Gasteiger partial charge in [0.25, 0.3) is 5.22 Å². The van der Waals surface area contributed by atoms with Crippen molar-refractivity contribution in [3.8, 4) is 22.6 Å². The van der Waals surface area contributed by atoms with E-state index in [0.717, 1.165) is 35.4 Å². The molecule has 1 amide bonds. The first-order valence-corrected chi connectivity index (χ1v) is 10.2. The summed E-state index contributed by atoms with van der Waals surface area (Å²) >= 11 is 1.32. The number of rotatable bonds is 8. The quantitative estimate of drug-likeness (QED) is 0.531. The molecular weight excluding hydrogens is 356 g/mol. The van der Waals surface area contributed by atoms with E-state index in [1.165, 1.54) is 11.8 Å². The van der Waals surface area contributed by atoms with Crippen LogP contribution in [0.15, 0.2) is 70.3 Å². The Labute approximate surface area is 164 Å². The average molecular weight is 381 g/mol. The zero-order valence-corrected chi connectivity index (χ0v) is 16.5. The van der Waals surface area contributed by atoms with Gasteiger partial charge in [0.05, 0.1) is 5.75 Å². The number of nitrogens with zero attached hydrogens (tertiary/aromatic N) is 1. The molecule has 0 saturated carbocycles. The van der Waals surface area contributed by atoms with Crippen molar-refractivity contribution in [2.75, 3.05) is 5.75 Å². The molecule has 0 spiro atoms. The molecule has 0 fully saturated rings. The van der Waals surface area contributed by atoms with Gasteiger partial charge < -0.3 is 9.73 Å². The van der Waals surface area contributed by atoms with Gasteiger partial charge in [0.2, 0.25) is 5.91 Å². The number of aromatic nitrogens is 1. The van der Waals surface area contributed by atoms with Crippen LogP contribution in [0.25, 0.3) is 22.6 Å². The summed E-state index contributed by atoms with van der Waals surface area (Å²) < 4.78 is 6.03. The second kappa shape index (κ2) is 9.42. The maximum absolute atomic E-state index is 12.1. The fraction of sp³-hybridized carbons (Fsp3) is 0.273. The molecule has 5 heteroatoms. The smallest absolute Gasteiger partial charge is 0.257 e. The van der Waals surface area contributed by atoms with Crippen molar-refractivity contribution in [1.29, 1.82) is 0 Å². The summed E-state index contributed by atoms with van der Waals surface area (Å²) in [5.74, 6) is 1.02. The molecule has 0 bridgehead atoms. The van der Waals surface area contributed by atoms with Gasteiger partial charge in [-0.25, -0.2) is 4.98 Å². The van der Waals surface area contributed by atoms with Crippen molar-refractivity contribution in [2.24, 2.45) is 0 Å². The van der Waals surface area contributed by atoms with Crippen LogP contribution in [0.5, 0.6) is 0 Å². The van der Waals surface area contributed by atoms with Crippen LogP contribution in [-0.2, 0) is 4.79 Å². The van der Waals surface area contributed by atoms with Crippen molar-refractivity contribution < 1.29 is 9.21 Å². The second-order valence-corrected chi connectivity index (χ2v) is 7.36. The minimum Gasteiger partial charge on any atom is -0.431 e. The third-order valence-corrected chi connectivity index (χ3v) is 4.97. The Morgan fingerprint density at radius 3 is 2.33 bits per heavy atom. The van der Waals surface area contributed by atoms with E-state index in [1.54, 1.807) is 0 Å². The van der Waals surface area contributed by atoms with Crippen LogP contribution in [0.1, 0.15) is 26.7 Å². The number of amides is 1. The molecule has 4 nitrogen and oxygen atoms in total. The maximum Gasteiger partial charge on any atom is 0.257 e. The fourth-order valence-corrected chi connectivity index (χ4v) is 3.52. The van der Waals surface area contributed by atoms with Gasteiger partial charge in [-0.2, -0.15) is 0 Å². The lowest BCUT2D eigenvalue weighted by molar-refractivity contribution is -0.119. The Kier molecular flexibility index (Phi) is 6.71. The van der Waals surface area contributed by atoms with Crippen molar-refractivity contribution in [2.45, 2.75) is 38.0 Å². The van der Waals surface area contributed by atoms with Crippen LogP contribution >= 0.6 is 11.8 Å². The van der Waals surface area contributed by atoms with Crippen LogP contribution in [0.3, 0.4) is 0 Å². The highest BCUT2D eigenvalue weighted by atomic mass is 32.2. The molecule has 0 aliphatic carbocycles. The summed E-state index contributed by atoms with van der Waals surface area (Å²) in [6.45, 7) is 4.14. The molecule has 1 N–H and O–H groups in total. The zero-order chi connectivity index (χ0) is 19.1. The summed E-state index contributed by atoms with van der Waals surface area (Å²) in [6.07, 6.45) is 2.03. The molecule has 2 aromatic carbocycles. The highest BCUT2D eigenvalue weighted by molar-refractivity contribution is 7.99. The largest absolute Gasteiger partial charge is 0.431 e. The standard InChI is InChI=1S/C22H24N2O2S/c1-3-10-16(2)23-19(25)15-27-22-24-20(17-11-6-4-7-12-17)21(26-22)18-13-8-5-9-14-18/h4-9,11-14,16H,3,10,15H2,1-2H3,(H,23,25)/t16-/m1/s1. The molecule has 1 aromatic heterocycles. The highest BCUT2D eigenvalue weighted by Crippen LogP contribution is 2.35. The Morgan fingerprint density at radius 2 is 1.70 bits per heavy atom. The molecule has 27 heavy (non-hydrogen) atoms. The Bertz CT molecular complexity index is 806. The minimum atomic E-state index is 0.00155. The molecular formula is C22H24N2O2S. The molecule has 0 saturated heterocycles. The molecule has 3 rings (SSSR count). The van der Waals surface area contributed by atoms with Gasteiger partial charge in [-0.15, -0.1) is 0 Å². The number of oxazole rings is 1. The van der Waals surface area contributed by atoms with Crippen LogP contribution in [0.4, 0.5) is 0 Å². The number of benzene rings is 2. The van der Waals surface area contributed by atoms with Crippen LogP contribution in [0, 0.1) is 0 Å². The molecule has 1 atom stereocenters. The van der Waals surface area contributed by atoms with E-state index in [2.05, 4.69) is 17.2 Å². The predicted octanol–water partition coefficient (Wildman–Crippen LogP) is 5.41. The molecule has 0 aliphatic heterocycles. The van der Waals surface area contributed by atoms with Crippen LogP contribution < -0.4 is 5.32 Å². The first kappa shape index (κ1) is 19.2. The maximum atomic E-state index is 12.1. The Hall–Kier alpha value is -2.53. The van der Waals surface area contributed by atoms with Gasteiger partial charge in [-0.3, -0.25) is 4.79 Å². The van der Waals surface area contributed by atoms with E-state index in [0.29, 0.717) is 5.22 Å². The lowest BCUT2D eigenvalue weighted by Gasteiger charge is -2.11. The van der Waals surface area contributed by atoms with Gasteiger partial charge in [-0.05, 0) is 13.3 Å². The van der Waals surface area contributed by atoms with Gasteiger partial charge in [0, 0.05) is 17.2 Å². The van der Waals surface area contributed by atoms with E-state index >= 15 is 0 Å². The monoisotopic (exact) mass is 380 g/mol. The summed E-state index contributed by atoms with van der Waals surface area (Å²) in [5, 5.41) is 3.51. The molecule has 0 radical (unpaired) electrons. The van der Waals surface area contributed by atoms with E-state index in [-0.39, 0.29) is 17.7 Å². The number of hydrogen-bond acceptors (Lipinski definition) is 4. The van der Waals surface area contributed by atoms with E-state index in [9.17, 15) is 4.79 Å². The lowest BCUT2D eigenvalue weighted by Crippen LogP contribution is -2.33. The first-order valence-electron chi connectivity index (χ1n) is 9.21. The number of carbonyl (C=O) groups excluding carboxylic acids is 1. The normalized spacial score (nSPS) is 11.9. The summed E-state index contributed by atoms with van der Waals surface area (Å²) in [5.41, 5.74) is 2.76. The van der Waals surface area contributed by atoms with E-state index < -0.39 is 0 Å². The zero-order valence-electron chi connectivity index (χ0n) is 15.6. The fourth-order valence-electron chi connectivity index (χ4n) is 2.89. The topological polar surface area (TPSA) is 55.1 Å². The van der Waals surface area contributed by atoms with Gasteiger partial charge in [0.15, 0.2) is 5.76 Å². The van der Waals surface area contributed by atoms with Crippen LogP contribution in [0.2, 0.25) is 0 Å². The van der Waals surface area contributed by atoms with Gasteiger partial charge >= 0.3 is 0 Å². The number of nitrogens with one attached hydrogen (secondary N) is 1. The third kappa shape index (κ3) is 5.23. The Balaban J connectivity index is 1.79. The summed E-state index contributed by atoms with van der Waals surface area (Å²) in [4.78, 5) is 16.8. The number of carbonyl (C=O) groups is 1.